The molecule has 0 amide bonds. The van der Waals surface area contributed by atoms with E-state index in [0.717, 1.165) is 25.9 Å². The van der Waals surface area contributed by atoms with Crippen LogP contribution in [0.25, 0.3) is 5.69 Å². The number of halogens is 1. The molecule has 0 bridgehead atoms. The van der Waals surface area contributed by atoms with E-state index in [-0.39, 0.29) is 18.5 Å². The predicted molar refractivity (Wildman–Crippen MR) is 98.6 cm³/mol. The summed E-state index contributed by atoms with van der Waals surface area (Å²) in [7, 11) is 0. The Hall–Kier alpha value is -2.93. The van der Waals surface area contributed by atoms with Crippen molar-refractivity contribution in [3.8, 4) is 17.3 Å². The number of aromatic nitrogens is 3. The van der Waals surface area contributed by atoms with Gasteiger partial charge in [-0.3, -0.25) is 0 Å². The van der Waals surface area contributed by atoms with Gasteiger partial charge >= 0.3 is 0 Å². The molecule has 3 heterocycles. The number of pyridine rings is 1. The number of nitrogens with one attached hydrogen (secondary N) is 1. The van der Waals surface area contributed by atoms with Crippen LogP contribution in [0.1, 0.15) is 18.5 Å². The fourth-order valence-electron chi connectivity index (χ4n) is 3.02. The average molecular weight is 368 g/mol. The highest BCUT2D eigenvalue weighted by Crippen LogP contribution is 2.22. The van der Waals surface area contributed by atoms with Gasteiger partial charge in [0.05, 0.1) is 12.0 Å². The van der Waals surface area contributed by atoms with Crippen LogP contribution in [0.15, 0.2) is 55.1 Å². The van der Waals surface area contributed by atoms with Crippen LogP contribution in [0, 0.1) is 5.82 Å². The minimum Gasteiger partial charge on any atom is -0.484 e. The summed E-state index contributed by atoms with van der Waals surface area (Å²) in [6.45, 7) is 2.09. The zero-order chi connectivity index (χ0) is 18.5. The van der Waals surface area contributed by atoms with Crippen molar-refractivity contribution in [1.82, 2.24) is 19.9 Å². The lowest BCUT2D eigenvalue weighted by Gasteiger charge is -2.23. The van der Waals surface area contributed by atoms with Crippen LogP contribution in [-0.4, -0.2) is 33.7 Å². The van der Waals surface area contributed by atoms with E-state index >= 15 is 0 Å². The molecule has 7 heteroatoms. The minimum atomic E-state index is -0.427. The van der Waals surface area contributed by atoms with Gasteiger partial charge in [-0.15, -0.1) is 0 Å². The molecule has 3 aromatic rings. The minimum absolute atomic E-state index is 0.171. The van der Waals surface area contributed by atoms with Crippen molar-refractivity contribution in [3.63, 3.8) is 0 Å². The van der Waals surface area contributed by atoms with Gasteiger partial charge in [-0.25, -0.2) is 14.4 Å². The SMILES string of the molecule is Fc1cc(-n2ccnc2)ccc1OCc1cccc(OC2CCNCC2)n1. The fraction of sp³-hybridized carbons (Fsp3) is 0.300. The van der Waals surface area contributed by atoms with Gasteiger partial charge in [0.25, 0.3) is 0 Å². The third-order valence-corrected chi connectivity index (χ3v) is 4.45. The van der Waals surface area contributed by atoms with E-state index < -0.39 is 5.82 Å². The number of benzene rings is 1. The summed E-state index contributed by atoms with van der Waals surface area (Å²) in [4.78, 5) is 8.43. The van der Waals surface area contributed by atoms with E-state index in [4.69, 9.17) is 9.47 Å². The molecule has 1 aliphatic rings. The third-order valence-electron chi connectivity index (χ3n) is 4.45. The van der Waals surface area contributed by atoms with Crippen molar-refractivity contribution < 1.29 is 13.9 Å². The van der Waals surface area contributed by atoms with Crippen LogP contribution in [0.2, 0.25) is 0 Å². The first-order valence-electron chi connectivity index (χ1n) is 9.02. The molecule has 140 valence electrons. The molecule has 1 N–H and O–H groups in total. The van der Waals surface area contributed by atoms with E-state index in [1.54, 1.807) is 35.4 Å². The van der Waals surface area contributed by atoms with Crippen LogP contribution in [0.4, 0.5) is 4.39 Å². The predicted octanol–water partition coefficient (Wildman–Crippen LogP) is 3.12. The maximum Gasteiger partial charge on any atom is 0.213 e. The third kappa shape index (κ3) is 4.43. The van der Waals surface area contributed by atoms with Gasteiger partial charge < -0.3 is 19.4 Å². The standard InChI is InChI=1S/C20H21FN4O2/c21-18-12-16(25-11-10-23-14-25)4-5-19(18)26-13-15-2-1-3-20(24-15)27-17-6-8-22-9-7-17/h1-5,10-12,14,17,22H,6-9,13H2. The lowest BCUT2D eigenvalue weighted by molar-refractivity contribution is 0.155. The van der Waals surface area contributed by atoms with Crippen molar-refractivity contribution in [2.45, 2.75) is 25.6 Å². The highest BCUT2D eigenvalue weighted by atomic mass is 19.1. The molecule has 0 unspecified atom stereocenters. The van der Waals surface area contributed by atoms with E-state index in [2.05, 4.69) is 15.3 Å². The summed E-state index contributed by atoms with van der Waals surface area (Å²) in [5.74, 6) is 0.340. The second kappa shape index (κ2) is 8.18. The molecule has 0 spiro atoms. The zero-order valence-electron chi connectivity index (χ0n) is 14.8. The maximum absolute atomic E-state index is 14.3. The number of hydrogen-bond acceptors (Lipinski definition) is 5. The molecule has 2 aromatic heterocycles. The number of ether oxygens (including phenoxy) is 2. The molecule has 1 fully saturated rings. The number of rotatable bonds is 6. The second-order valence-electron chi connectivity index (χ2n) is 6.41. The molecular formula is C20H21FN4O2. The molecule has 4 rings (SSSR count). The van der Waals surface area contributed by atoms with Gasteiger partial charge in [0.1, 0.15) is 12.7 Å². The Morgan fingerprint density at radius 1 is 1.19 bits per heavy atom. The average Bonchev–Trinajstić information content (AvgIpc) is 3.23. The smallest absolute Gasteiger partial charge is 0.213 e. The molecule has 0 saturated carbocycles. The van der Waals surface area contributed by atoms with Crippen LogP contribution in [-0.2, 0) is 6.61 Å². The Kier molecular flexibility index (Phi) is 5.29. The first-order chi connectivity index (χ1) is 13.3. The molecule has 1 aliphatic heterocycles. The largest absolute Gasteiger partial charge is 0.484 e. The first-order valence-corrected chi connectivity index (χ1v) is 9.02. The van der Waals surface area contributed by atoms with E-state index in [1.807, 2.05) is 18.2 Å². The second-order valence-corrected chi connectivity index (χ2v) is 6.41. The van der Waals surface area contributed by atoms with Crippen molar-refractivity contribution in [1.29, 1.82) is 0 Å². The van der Waals surface area contributed by atoms with Crippen molar-refractivity contribution >= 4 is 0 Å². The number of piperidine rings is 1. The number of nitrogens with zero attached hydrogens (tertiary/aromatic N) is 3. The zero-order valence-corrected chi connectivity index (χ0v) is 14.8. The van der Waals surface area contributed by atoms with Gasteiger partial charge in [0.2, 0.25) is 5.88 Å². The normalized spacial score (nSPS) is 14.9. The highest BCUT2D eigenvalue weighted by Gasteiger charge is 2.15. The highest BCUT2D eigenvalue weighted by molar-refractivity contribution is 5.38. The molecule has 1 aromatic carbocycles. The Bertz CT molecular complexity index is 879. The molecule has 1 saturated heterocycles. The Morgan fingerprint density at radius 2 is 2.07 bits per heavy atom. The molecule has 0 atom stereocenters. The van der Waals surface area contributed by atoms with Gasteiger partial charge in [0.15, 0.2) is 11.6 Å². The molecule has 27 heavy (non-hydrogen) atoms. The quantitative estimate of drug-likeness (QED) is 0.724. The lowest BCUT2D eigenvalue weighted by atomic mass is 10.1. The molecule has 0 radical (unpaired) electrons. The molecular weight excluding hydrogens is 347 g/mol. The summed E-state index contributed by atoms with van der Waals surface area (Å²) in [6, 6.07) is 10.4. The van der Waals surface area contributed by atoms with Crippen molar-refractivity contribution in [2.75, 3.05) is 13.1 Å². The first kappa shape index (κ1) is 17.5. The van der Waals surface area contributed by atoms with Crippen LogP contribution < -0.4 is 14.8 Å². The summed E-state index contributed by atoms with van der Waals surface area (Å²) >= 11 is 0. The van der Waals surface area contributed by atoms with Crippen LogP contribution in [0.5, 0.6) is 11.6 Å². The monoisotopic (exact) mass is 368 g/mol. The van der Waals surface area contributed by atoms with Crippen molar-refractivity contribution in [3.05, 3.63) is 66.6 Å². The summed E-state index contributed by atoms with van der Waals surface area (Å²) in [6.07, 6.45) is 7.14. The maximum atomic E-state index is 14.3. The number of hydrogen-bond donors (Lipinski definition) is 1. The van der Waals surface area contributed by atoms with E-state index in [1.165, 1.54) is 6.07 Å². The molecule has 6 nitrogen and oxygen atoms in total. The van der Waals surface area contributed by atoms with Gasteiger partial charge in [-0.2, -0.15) is 0 Å². The summed E-state index contributed by atoms with van der Waals surface area (Å²) < 4.78 is 27.6. The summed E-state index contributed by atoms with van der Waals surface area (Å²) in [5, 5.41) is 3.31. The Balaban J connectivity index is 1.39. The fourth-order valence-corrected chi connectivity index (χ4v) is 3.02. The summed E-state index contributed by atoms with van der Waals surface area (Å²) in [5.41, 5.74) is 1.38. The van der Waals surface area contributed by atoms with Gasteiger partial charge in [-0.1, -0.05) is 6.07 Å². The lowest BCUT2D eigenvalue weighted by Crippen LogP contribution is -2.34. The van der Waals surface area contributed by atoms with Gasteiger partial charge in [-0.05, 0) is 44.1 Å². The van der Waals surface area contributed by atoms with Crippen LogP contribution >= 0.6 is 0 Å². The van der Waals surface area contributed by atoms with Crippen molar-refractivity contribution in [2.24, 2.45) is 0 Å². The van der Waals surface area contributed by atoms with Crippen LogP contribution in [0.3, 0.4) is 0 Å². The van der Waals surface area contributed by atoms with E-state index in [0.29, 0.717) is 17.3 Å². The Morgan fingerprint density at radius 3 is 2.85 bits per heavy atom. The Labute approximate surface area is 157 Å². The topological polar surface area (TPSA) is 61.2 Å². The molecule has 0 aliphatic carbocycles. The number of imidazole rings is 1. The van der Waals surface area contributed by atoms with Gasteiger partial charge in [0, 0.05) is 30.2 Å². The van der Waals surface area contributed by atoms with E-state index in [9.17, 15) is 4.39 Å².